The van der Waals surface area contributed by atoms with Gasteiger partial charge in [-0.25, -0.2) is 0 Å². The van der Waals surface area contributed by atoms with Gasteiger partial charge in [0, 0.05) is 27.2 Å². The molecule has 0 radical (unpaired) electrons. The van der Waals surface area contributed by atoms with Gasteiger partial charge in [0.25, 0.3) is 5.89 Å². The number of hydrogen-bond acceptors (Lipinski definition) is 6. The Bertz CT molecular complexity index is 418. The van der Waals surface area contributed by atoms with Crippen LogP contribution in [0, 0.1) is 6.92 Å². The van der Waals surface area contributed by atoms with Gasteiger partial charge in [-0.2, -0.15) is 4.98 Å². The van der Waals surface area contributed by atoms with Crippen molar-refractivity contribution in [2.75, 3.05) is 40.3 Å². The molecule has 0 spiro atoms. The van der Waals surface area contributed by atoms with Gasteiger partial charge in [0.1, 0.15) is 6.10 Å². The lowest BCUT2D eigenvalue weighted by molar-refractivity contribution is -0.132. The van der Waals surface area contributed by atoms with Crippen LogP contribution in [0.5, 0.6) is 0 Å². The molecule has 100 valence electrons. The monoisotopic (exact) mass is 254 g/mol. The van der Waals surface area contributed by atoms with E-state index >= 15 is 0 Å². The third-order valence-corrected chi connectivity index (χ3v) is 2.83. The molecule has 0 aliphatic carbocycles. The third kappa shape index (κ3) is 3.05. The predicted molar refractivity (Wildman–Crippen MR) is 62.9 cm³/mol. The maximum absolute atomic E-state index is 11.7. The quantitative estimate of drug-likeness (QED) is 0.746. The summed E-state index contributed by atoms with van der Waals surface area (Å²) < 4.78 is 10.7. The average molecular weight is 254 g/mol. The number of aromatic nitrogens is 2. The van der Waals surface area contributed by atoms with E-state index in [0.29, 0.717) is 31.4 Å². The number of likely N-dealkylation sites (N-methyl/N-ethyl adjacent to an activating group) is 1. The molecule has 7 heteroatoms. The summed E-state index contributed by atoms with van der Waals surface area (Å²) in [5.41, 5.74) is 0. The summed E-state index contributed by atoms with van der Waals surface area (Å²) in [7, 11) is 3.50. The molecular formula is C11H18N4O3. The minimum atomic E-state index is -0.241. The normalized spacial score (nSPS) is 20.9. The lowest BCUT2D eigenvalue weighted by atomic mass is 10.2. The number of amides is 1. The second-order valence-corrected chi connectivity index (χ2v) is 4.56. The van der Waals surface area contributed by atoms with Crippen LogP contribution in [-0.2, 0) is 9.53 Å². The molecule has 1 aromatic rings. The molecule has 2 rings (SSSR count). The summed E-state index contributed by atoms with van der Waals surface area (Å²) in [5, 5.41) is 3.75. The summed E-state index contributed by atoms with van der Waals surface area (Å²) in [6.07, 6.45) is -0.241. The van der Waals surface area contributed by atoms with Crippen molar-refractivity contribution in [1.82, 2.24) is 19.9 Å². The van der Waals surface area contributed by atoms with Crippen LogP contribution in [0.15, 0.2) is 4.52 Å². The summed E-state index contributed by atoms with van der Waals surface area (Å²) in [5.74, 6) is 1.15. The molecule has 1 aliphatic heterocycles. The van der Waals surface area contributed by atoms with Crippen LogP contribution in [0.25, 0.3) is 0 Å². The van der Waals surface area contributed by atoms with Crippen molar-refractivity contribution in [3.63, 3.8) is 0 Å². The van der Waals surface area contributed by atoms with E-state index in [9.17, 15) is 4.79 Å². The molecule has 1 amide bonds. The highest BCUT2D eigenvalue weighted by atomic mass is 16.5. The van der Waals surface area contributed by atoms with Crippen LogP contribution >= 0.6 is 0 Å². The van der Waals surface area contributed by atoms with Crippen molar-refractivity contribution in [3.8, 4) is 0 Å². The van der Waals surface area contributed by atoms with Crippen LogP contribution in [0.4, 0.5) is 0 Å². The topological polar surface area (TPSA) is 71.7 Å². The lowest BCUT2D eigenvalue weighted by Crippen LogP contribution is -2.44. The molecule has 2 heterocycles. The van der Waals surface area contributed by atoms with E-state index < -0.39 is 0 Å². The van der Waals surface area contributed by atoms with Gasteiger partial charge in [0.2, 0.25) is 5.91 Å². The molecule has 0 N–H and O–H groups in total. The van der Waals surface area contributed by atoms with E-state index in [2.05, 4.69) is 10.1 Å². The van der Waals surface area contributed by atoms with E-state index in [-0.39, 0.29) is 12.0 Å². The van der Waals surface area contributed by atoms with Crippen LogP contribution in [0.3, 0.4) is 0 Å². The largest absolute Gasteiger partial charge is 0.366 e. The Morgan fingerprint density at radius 2 is 2.33 bits per heavy atom. The first-order valence-corrected chi connectivity index (χ1v) is 5.90. The fourth-order valence-corrected chi connectivity index (χ4v) is 1.77. The van der Waals surface area contributed by atoms with Crippen LogP contribution in [0.2, 0.25) is 0 Å². The molecule has 1 saturated heterocycles. The van der Waals surface area contributed by atoms with Crippen LogP contribution in [-0.4, -0.2) is 66.2 Å². The van der Waals surface area contributed by atoms with E-state index in [4.69, 9.17) is 9.26 Å². The van der Waals surface area contributed by atoms with Gasteiger partial charge >= 0.3 is 0 Å². The number of ether oxygens (including phenoxy) is 1. The Kier molecular flexibility index (Phi) is 3.93. The van der Waals surface area contributed by atoms with Gasteiger partial charge in [0.05, 0.1) is 13.2 Å². The van der Waals surface area contributed by atoms with Crippen LogP contribution < -0.4 is 0 Å². The first-order valence-electron chi connectivity index (χ1n) is 5.90. The van der Waals surface area contributed by atoms with Crippen molar-refractivity contribution in [1.29, 1.82) is 0 Å². The summed E-state index contributed by atoms with van der Waals surface area (Å²) >= 11 is 0. The minimum absolute atomic E-state index is 0.0809. The van der Waals surface area contributed by atoms with E-state index in [0.717, 1.165) is 6.54 Å². The summed E-state index contributed by atoms with van der Waals surface area (Å²) in [6, 6.07) is 0. The highest BCUT2D eigenvalue weighted by Gasteiger charge is 2.27. The molecular weight excluding hydrogens is 236 g/mol. The van der Waals surface area contributed by atoms with Crippen molar-refractivity contribution in [3.05, 3.63) is 11.7 Å². The second kappa shape index (κ2) is 5.45. The molecule has 0 unspecified atom stereocenters. The number of carbonyl (C=O) groups is 1. The van der Waals surface area contributed by atoms with Gasteiger partial charge in [-0.15, -0.1) is 0 Å². The molecule has 0 aromatic carbocycles. The standard InChI is InChI=1S/C11H18N4O3/c1-8-12-11(18-13-8)9-6-15(4-5-17-9)7-10(16)14(2)3/h9H,4-7H2,1-3H3/t9-/m1/s1. The van der Waals surface area contributed by atoms with E-state index in [1.165, 1.54) is 0 Å². The van der Waals surface area contributed by atoms with Crippen LogP contribution in [0.1, 0.15) is 17.8 Å². The number of aryl methyl sites for hydroxylation is 1. The van der Waals surface area contributed by atoms with Gasteiger partial charge in [-0.05, 0) is 6.92 Å². The SMILES string of the molecule is Cc1noc([C@H]2CN(CC(=O)N(C)C)CCO2)n1. The fraction of sp³-hybridized carbons (Fsp3) is 0.727. The van der Waals surface area contributed by atoms with Crippen molar-refractivity contribution < 1.29 is 14.1 Å². The smallest absolute Gasteiger partial charge is 0.257 e. The number of nitrogens with zero attached hydrogens (tertiary/aromatic N) is 4. The van der Waals surface area contributed by atoms with Gasteiger partial charge in [-0.3, -0.25) is 9.69 Å². The number of rotatable bonds is 3. The van der Waals surface area contributed by atoms with Gasteiger partial charge in [-0.1, -0.05) is 5.16 Å². The van der Waals surface area contributed by atoms with Crippen molar-refractivity contribution in [2.24, 2.45) is 0 Å². The Morgan fingerprint density at radius 3 is 2.94 bits per heavy atom. The third-order valence-electron chi connectivity index (χ3n) is 2.83. The zero-order valence-corrected chi connectivity index (χ0v) is 10.9. The maximum atomic E-state index is 11.7. The molecule has 0 bridgehead atoms. The summed E-state index contributed by atoms with van der Waals surface area (Å²) in [4.78, 5) is 19.4. The molecule has 1 fully saturated rings. The first kappa shape index (κ1) is 13.0. The lowest BCUT2D eigenvalue weighted by Gasteiger charge is -2.31. The van der Waals surface area contributed by atoms with Gasteiger partial charge in [0.15, 0.2) is 5.82 Å². The Hall–Kier alpha value is -1.47. The fourth-order valence-electron chi connectivity index (χ4n) is 1.77. The average Bonchev–Trinajstić information content (AvgIpc) is 2.76. The molecule has 1 aromatic heterocycles. The number of morpholine rings is 1. The number of carbonyl (C=O) groups excluding carboxylic acids is 1. The van der Waals surface area contributed by atoms with Crippen molar-refractivity contribution in [2.45, 2.75) is 13.0 Å². The van der Waals surface area contributed by atoms with E-state index in [1.54, 1.807) is 25.9 Å². The summed E-state index contributed by atoms with van der Waals surface area (Å²) in [6.45, 7) is 4.06. The maximum Gasteiger partial charge on any atom is 0.257 e. The highest BCUT2D eigenvalue weighted by Crippen LogP contribution is 2.20. The molecule has 1 atom stereocenters. The molecule has 18 heavy (non-hydrogen) atoms. The zero-order chi connectivity index (χ0) is 13.1. The predicted octanol–water partition coefficient (Wildman–Crippen LogP) is -0.160. The van der Waals surface area contributed by atoms with E-state index in [1.807, 2.05) is 4.90 Å². The first-order chi connectivity index (χ1) is 8.56. The number of hydrogen-bond donors (Lipinski definition) is 0. The van der Waals surface area contributed by atoms with Crippen molar-refractivity contribution >= 4 is 5.91 Å². The van der Waals surface area contributed by atoms with Gasteiger partial charge < -0.3 is 14.2 Å². The minimum Gasteiger partial charge on any atom is -0.366 e. The zero-order valence-electron chi connectivity index (χ0n) is 10.9. The molecule has 7 nitrogen and oxygen atoms in total. The Balaban J connectivity index is 1.94. The highest BCUT2D eigenvalue weighted by molar-refractivity contribution is 5.77. The Labute approximate surface area is 106 Å². The Morgan fingerprint density at radius 1 is 1.56 bits per heavy atom. The second-order valence-electron chi connectivity index (χ2n) is 4.56. The molecule has 0 saturated carbocycles. The molecule has 1 aliphatic rings.